The van der Waals surface area contributed by atoms with Crippen molar-refractivity contribution in [1.29, 1.82) is 0 Å². The molecule has 2 rings (SSSR count). The highest BCUT2D eigenvalue weighted by Gasteiger charge is 2.22. The van der Waals surface area contributed by atoms with Crippen molar-refractivity contribution in [3.8, 4) is 5.75 Å². The molecule has 0 saturated carbocycles. The number of H-pyrrole nitrogens is 1. The summed E-state index contributed by atoms with van der Waals surface area (Å²) >= 11 is 1.02. The van der Waals surface area contributed by atoms with Crippen LogP contribution < -0.4 is 10.3 Å². The Morgan fingerprint density at radius 1 is 1.37 bits per heavy atom. The van der Waals surface area contributed by atoms with Crippen molar-refractivity contribution in [1.82, 2.24) is 4.98 Å². The van der Waals surface area contributed by atoms with E-state index in [2.05, 4.69) is 4.98 Å². The number of carbonyl (C=O) groups is 2. The minimum atomic E-state index is -0.583. The zero-order valence-electron chi connectivity index (χ0n) is 10.3. The first-order valence-corrected chi connectivity index (χ1v) is 6.36. The van der Waals surface area contributed by atoms with Crippen molar-refractivity contribution < 1.29 is 19.1 Å². The molecule has 0 aliphatic heterocycles. The van der Waals surface area contributed by atoms with Crippen LogP contribution in [0.25, 0.3) is 10.2 Å². The predicted molar refractivity (Wildman–Crippen MR) is 69.7 cm³/mol. The second kappa shape index (κ2) is 5.23. The van der Waals surface area contributed by atoms with Gasteiger partial charge in [0.1, 0.15) is 4.83 Å². The van der Waals surface area contributed by atoms with Gasteiger partial charge < -0.3 is 14.5 Å². The molecule has 100 valence electrons. The van der Waals surface area contributed by atoms with E-state index >= 15 is 0 Å². The van der Waals surface area contributed by atoms with Crippen molar-refractivity contribution in [3.05, 3.63) is 27.4 Å². The molecule has 2 aromatic heterocycles. The topological polar surface area (TPSA) is 85.5 Å². The Morgan fingerprint density at radius 3 is 2.74 bits per heavy atom. The molecule has 7 heteroatoms. The molecule has 1 N–H and O–H groups in total. The standard InChI is InChI=1S/C12H11NO5S/c1-3-17-12(16)10-9(18-6(2)14)7-4-5-8(15)13-11(7)19-10/h4-5H,3H2,1-2H3,(H,13,15). The number of fused-ring (bicyclic) bond motifs is 1. The first kappa shape index (κ1) is 13.3. The molecule has 2 heterocycles. The lowest BCUT2D eigenvalue weighted by Gasteiger charge is -2.03. The molecule has 2 aromatic rings. The van der Waals surface area contributed by atoms with Crippen LogP contribution >= 0.6 is 11.3 Å². The fraction of sp³-hybridized carbons (Fsp3) is 0.250. The maximum atomic E-state index is 11.8. The molecule has 0 aromatic carbocycles. The molecule has 0 amide bonds. The molecular weight excluding hydrogens is 270 g/mol. The zero-order valence-corrected chi connectivity index (χ0v) is 11.1. The van der Waals surface area contributed by atoms with Crippen LogP contribution in [-0.2, 0) is 9.53 Å². The Morgan fingerprint density at radius 2 is 2.11 bits per heavy atom. The average Bonchev–Trinajstić information content (AvgIpc) is 2.67. The van der Waals surface area contributed by atoms with Crippen molar-refractivity contribution in [2.45, 2.75) is 13.8 Å². The summed E-state index contributed by atoms with van der Waals surface area (Å²) in [7, 11) is 0. The normalized spacial score (nSPS) is 10.4. The van der Waals surface area contributed by atoms with Gasteiger partial charge in [0.2, 0.25) is 5.56 Å². The third kappa shape index (κ3) is 2.65. The number of hydrogen-bond acceptors (Lipinski definition) is 6. The van der Waals surface area contributed by atoms with Crippen LogP contribution in [0.1, 0.15) is 23.5 Å². The van der Waals surface area contributed by atoms with E-state index in [0.717, 1.165) is 11.3 Å². The SMILES string of the molecule is CCOC(=O)c1sc2[nH]c(=O)ccc2c1OC(C)=O. The molecule has 19 heavy (non-hydrogen) atoms. The average molecular weight is 281 g/mol. The summed E-state index contributed by atoms with van der Waals surface area (Å²) in [4.78, 5) is 37.4. The summed E-state index contributed by atoms with van der Waals surface area (Å²) in [6.45, 7) is 3.13. The van der Waals surface area contributed by atoms with Crippen LogP contribution in [0.2, 0.25) is 0 Å². The summed E-state index contributed by atoms with van der Waals surface area (Å²) < 4.78 is 9.95. The van der Waals surface area contributed by atoms with E-state index in [9.17, 15) is 14.4 Å². The van der Waals surface area contributed by atoms with Gasteiger partial charge in [-0.25, -0.2) is 4.79 Å². The molecule has 0 aliphatic carbocycles. The number of rotatable bonds is 3. The van der Waals surface area contributed by atoms with Crippen LogP contribution in [0.5, 0.6) is 5.75 Å². The molecule has 0 saturated heterocycles. The monoisotopic (exact) mass is 281 g/mol. The number of nitrogens with one attached hydrogen (secondary N) is 1. The van der Waals surface area contributed by atoms with Gasteiger partial charge in [0.15, 0.2) is 10.6 Å². The molecule has 0 unspecified atom stereocenters. The van der Waals surface area contributed by atoms with Gasteiger partial charge in [0.05, 0.1) is 12.0 Å². The van der Waals surface area contributed by atoms with E-state index in [1.54, 1.807) is 6.92 Å². The molecular formula is C12H11NO5S. The summed E-state index contributed by atoms with van der Waals surface area (Å²) in [5.74, 6) is -1.00. The Labute approximate surface area is 112 Å². The minimum absolute atomic E-state index is 0.127. The lowest BCUT2D eigenvalue weighted by atomic mass is 10.3. The van der Waals surface area contributed by atoms with Crippen LogP contribution in [0, 0.1) is 0 Å². The lowest BCUT2D eigenvalue weighted by molar-refractivity contribution is -0.131. The number of aromatic amines is 1. The van der Waals surface area contributed by atoms with E-state index in [0.29, 0.717) is 10.2 Å². The van der Waals surface area contributed by atoms with Gasteiger partial charge in [-0.3, -0.25) is 9.59 Å². The van der Waals surface area contributed by atoms with Gasteiger partial charge in [-0.1, -0.05) is 0 Å². The Bertz CT molecular complexity index is 700. The summed E-state index contributed by atoms with van der Waals surface area (Å²) in [6, 6.07) is 2.81. The van der Waals surface area contributed by atoms with E-state index < -0.39 is 11.9 Å². The van der Waals surface area contributed by atoms with Crippen molar-refractivity contribution in [3.63, 3.8) is 0 Å². The molecule has 0 fully saturated rings. The van der Waals surface area contributed by atoms with Crippen LogP contribution in [-0.4, -0.2) is 23.5 Å². The van der Waals surface area contributed by atoms with E-state index in [1.807, 2.05) is 0 Å². The number of carbonyl (C=O) groups excluding carboxylic acids is 2. The van der Waals surface area contributed by atoms with Gasteiger partial charge in [0.25, 0.3) is 0 Å². The first-order valence-electron chi connectivity index (χ1n) is 5.54. The maximum Gasteiger partial charge on any atom is 0.352 e. The summed E-state index contributed by atoms with van der Waals surface area (Å²) in [5, 5.41) is 0.503. The molecule has 0 bridgehead atoms. The Kier molecular flexibility index (Phi) is 3.66. The van der Waals surface area contributed by atoms with Gasteiger partial charge in [-0.05, 0) is 13.0 Å². The molecule has 0 spiro atoms. The quantitative estimate of drug-likeness (QED) is 0.865. The van der Waals surface area contributed by atoms with E-state index in [-0.39, 0.29) is 22.8 Å². The van der Waals surface area contributed by atoms with Crippen LogP contribution in [0.4, 0.5) is 0 Å². The number of aromatic nitrogens is 1. The highest BCUT2D eigenvalue weighted by molar-refractivity contribution is 7.20. The summed E-state index contributed by atoms with van der Waals surface area (Å²) in [5.41, 5.74) is -0.293. The molecule has 0 radical (unpaired) electrons. The third-order valence-electron chi connectivity index (χ3n) is 2.24. The van der Waals surface area contributed by atoms with Crippen molar-refractivity contribution >= 4 is 33.5 Å². The second-order valence-corrected chi connectivity index (χ2v) is 4.66. The smallest absolute Gasteiger partial charge is 0.352 e. The van der Waals surface area contributed by atoms with Gasteiger partial charge in [-0.2, -0.15) is 0 Å². The maximum absolute atomic E-state index is 11.8. The highest BCUT2D eigenvalue weighted by Crippen LogP contribution is 2.36. The Balaban J connectivity index is 2.63. The van der Waals surface area contributed by atoms with Crippen LogP contribution in [0.15, 0.2) is 16.9 Å². The van der Waals surface area contributed by atoms with E-state index in [1.165, 1.54) is 19.1 Å². The third-order valence-corrected chi connectivity index (χ3v) is 3.33. The van der Waals surface area contributed by atoms with Gasteiger partial charge in [0, 0.05) is 13.0 Å². The molecule has 0 aliphatic rings. The molecule has 0 atom stereocenters. The largest absolute Gasteiger partial charge is 0.462 e. The minimum Gasteiger partial charge on any atom is -0.462 e. The second-order valence-electron chi connectivity index (χ2n) is 3.64. The van der Waals surface area contributed by atoms with E-state index in [4.69, 9.17) is 9.47 Å². The van der Waals surface area contributed by atoms with Gasteiger partial charge >= 0.3 is 11.9 Å². The first-order chi connectivity index (χ1) is 9.02. The number of pyridine rings is 1. The van der Waals surface area contributed by atoms with Crippen LogP contribution in [0.3, 0.4) is 0 Å². The fourth-order valence-corrected chi connectivity index (χ4v) is 2.57. The highest BCUT2D eigenvalue weighted by atomic mass is 32.1. The van der Waals surface area contributed by atoms with Gasteiger partial charge in [-0.15, -0.1) is 11.3 Å². The number of esters is 2. The van der Waals surface area contributed by atoms with Crippen molar-refractivity contribution in [2.24, 2.45) is 0 Å². The lowest BCUT2D eigenvalue weighted by Crippen LogP contribution is -2.08. The summed E-state index contributed by atoms with van der Waals surface area (Å²) in [6.07, 6.45) is 0. The van der Waals surface area contributed by atoms with Crippen molar-refractivity contribution in [2.75, 3.05) is 6.61 Å². The Hall–Kier alpha value is -2.15. The molecule has 6 nitrogen and oxygen atoms in total. The predicted octanol–water partition coefficient (Wildman–Crippen LogP) is 1.69. The number of thiophene rings is 1. The fourth-order valence-electron chi connectivity index (χ4n) is 1.56. The number of hydrogen-bond donors (Lipinski definition) is 1. The number of ether oxygens (including phenoxy) is 2. The zero-order chi connectivity index (χ0) is 14.0.